The number of carbonyl (C=O) groups is 2. The van der Waals surface area contributed by atoms with Gasteiger partial charge in [-0.1, -0.05) is 13.0 Å². The van der Waals surface area contributed by atoms with Crippen LogP contribution in [-0.2, 0) is 0 Å². The first kappa shape index (κ1) is 18.6. The van der Waals surface area contributed by atoms with Crippen LogP contribution in [-0.4, -0.2) is 31.7 Å². The van der Waals surface area contributed by atoms with Crippen LogP contribution >= 0.6 is 0 Å². The second-order valence-electron chi connectivity index (χ2n) is 6.68. The molecule has 0 radical (unpaired) electrons. The summed E-state index contributed by atoms with van der Waals surface area (Å²) in [6, 6.07) is 6.54. The summed E-state index contributed by atoms with van der Waals surface area (Å²) in [6.07, 6.45) is 2.55. The van der Waals surface area contributed by atoms with Crippen molar-refractivity contribution in [2.45, 2.75) is 40.2 Å². The van der Waals surface area contributed by atoms with E-state index in [-0.39, 0.29) is 17.5 Å². The van der Waals surface area contributed by atoms with Crippen LogP contribution in [0.25, 0.3) is 11.0 Å². The summed E-state index contributed by atoms with van der Waals surface area (Å²) in [7, 11) is 0. The largest absolute Gasteiger partial charge is 0.478 e. The summed E-state index contributed by atoms with van der Waals surface area (Å²) in [6.45, 7) is 7.77. The summed E-state index contributed by atoms with van der Waals surface area (Å²) in [4.78, 5) is 28.7. The highest BCUT2D eigenvalue weighted by Crippen LogP contribution is 2.24. The van der Waals surface area contributed by atoms with Gasteiger partial charge in [-0.05, 0) is 51.0 Å². The summed E-state index contributed by atoms with van der Waals surface area (Å²) < 4.78 is 1.83. The number of nitrogens with one attached hydrogen (secondary N) is 1. The number of benzene rings is 1. The molecule has 3 aromatic rings. The number of pyridine rings is 1. The number of fused-ring (bicyclic) bond motifs is 1. The fourth-order valence-electron chi connectivity index (χ4n) is 2.91. The van der Waals surface area contributed by atoms with E-state index in [1.165, 1.54) is 12.1 Å². The molecule has 27 heavy (non-hydrogen) atoms. The van der Waals surface area contributed by atoms with E-state index in [9.17, 15) is 14.7 Å². The van der Waals surface area contributed by atoms with Crippen molar-refractivity contribution in [3.63, 3.8) is 0 Å². The number of amides is 1. The molecule has 0 aliphatic carbocycles. The lowest BCUT2D eigenvalue weighted by Gasteiger charge is -2.12. The van der Waals surface area contributed by atoms with Crippen LogP contribution in [0.15, 0.2) is 30.5 Å². The Kier molecular flexibility index (Phi) is 4.94. The van der Waals surface area contributed by atoms with Crippen molar-refractivity contribution in [2.24, 2.45) is 0 Å². The predicted octanol–water partition coefficient (Wildman–Crippen LogP) is 3.97. The van der Waals surface area contributed by atoms with Crippen LogP contribution in [0.5, 0.6) is 0 Å². The fourth-order valence-corrected chi connectivity index (χ4v) is 2.91. The summed E-state index contributed by atoms with van der Waals surface area (Å²) >= 11 is 0. The van der Waals surface area contributed by atoms with Gasteiger partial charge in [0.2, 0.25) is 0 Å². The Morgan fingerprint density at radius 2 is 2.00 bits per heavy atom. The van der Waals surface area contributed by atoms with Gasteiger partial charge in [0.1, 0.15) is 0 Å². The number of aromatic nitrogens is 3. The molecule has 0 spiro atoms. The van der Waals surface area contributed by atoms with Gasteiger partial charge in [0.05, 0.1) is 28.8 Å². The van der Waals surface area contributed by atoms with Crippen LogP contribution in [0.4, 0.5) is 5.69 Å². The van der Waals surface area contributed by atoms with Gasteiger partial charge in [0.25, 0.3) is 5.91 Å². The van der Waals surface area contributed by atoms with Crippen molar-refractivity contribution >= 4 is 28.6 Å². The first-order valence-corrected chi connectivity index (χ1v) is 8.82. The van der Waals surface area contributed by atoms with E-state index in [2.05, 4.69) is 29.2 Å². The highest BCUT2D eigenvalue weighted by Gasteiger charge is 2.18. The van der Waals surface area contributed by atoms with Crippen molar-refractivity contribution in [1.82, 2.24) is 14.8 Å². The highest BCUT2D eigenvalue weighted by atomic mass is 16.4. The van der Waals surface area contributed by atoms with Crippen molar-refractivity contribution in [1.29, 1.82) is 0 Å². The molecule has 0 saturated carbocycles. The van der Waals surface area contributed by atoms with Crippen LogP contribution in [0.1, 0.15) is 58.3 Å². The Labute approximate surface area is 157 Å². The van der Waals surface area contributed by atoms with Crippen LogP contribution in [0.3, 0.4) is 0 Å². The van der Waals surface area contributed by atoms with Gasteiger partial charge in [-0.2, -0.15) is 5.10 Å². The van der Waals surface area contributed by atoms with E-state index < -0.39 is 5.97 Å². The Morgan fingerprint density at radius 3 is 2.67 bits per heavy atom. The average molecular weight is 366 g/mol. The lowest BCUT2D eigenvalue weighted by atomic mass is 10.1. The molecule has 3 rings (SSSR count). The first-order chi connectivity index (χ1) is 12.8. The van der Waals surface area contributed by atoms with Crippen molar-refractivity contribution in [3.8, 4) is 0 Å². The Hall–Kier alpha value is -3.22. The molecule has 2 aromatic heterocycles. The number of anilines is 1. The molecule has 0 aliphatic rings. The lowest BCUT2D eigenvalue weighted by molar-refractivity contribution is 0.0696. The maximum Gasteiger partial charge on any atom is 0.335 e. The third-order valence-corrected chi connectivity index (χ3v) is 4.68. The molecule has 0 bridgehead atoms. The van der Waals surface area contributed by atoms with Crippen LogP contribution in [0, 0.1) is 13.8 Å². The molecule has 140 valence electrons. The van der Waals surface area contributed by atoms with Crippen LogP contribution < -0.4 is 5.32 Å². The Bertz CT molecular complexity index is 1040. The number of aromatic carboxylic acids is 1. The molecule has 7 heteroatoms. The van der Waals surface area contributed by atoms with E-state index in [0.29, 0.717) is 28.0 Å². The topological polar surface area (TPSA) is 97.1 Å². The number of nitrogens with zero attached hydrogens (tertiary/aromatic N) is 3. The van der Waals surface area contributed by atoms with E-state index in [1.54, 1.807) is 18.3 Å². The molecule has 2 heterocycles. The lowest BCUT2D eigenvalue weighted by Crippen LogP contribution is -2.15. The number of carboxylic acids is 1. The fraction of sp³-hybridized carbons (Fsp3) is 0.300. The third kappa shape index (κ3) is 3.53. The molecular formula is C20H22N4O3. The number of carboxylic acid groups (broad SMARTS) is 1. The molecule has 0 aliphatic heterocycles. The minimum Gasteiger partial charge on any atom is -0.478 e. The average Bonchev–Trinajstić information content (AvgIpc) is 3.05. The van der Waals surface area contributed by atoms with Crippen molar-refractivity contribution in [3.05, 3.63) is 52.8 Å². The third-order valence-electron chi connectivity index (χ3n) is 4.68. The zero-order valence-corrected chi connectivity index (χ0v) is 15.8. The minimum atomic E-state index is -1.04. The number of hydrogen-bond acceptors (Lipinski definition) is 4. The molecule has 1 amide bonds. The summed E-state index contributed by atoms with van der Waals surface area (Å²) in [5.41, 5.74) is 3.23. The first-order valence-electron chi connectivity index (χ1n) is 8.82. The molecule has 2 N–H and O–H groups in total. The van der Waals surface area contributed by atoms with Gasteiger partial charge in [-0.15, -0.1) is 0 Å². The standard InChI is InChI=1S/C20H22N4O3/c1-5-13(4)24-18-16(10-21-24)15(8-12(3)22-18)19(25)23-17-9-14(20(26)27)7-6-11(17)2/h6-10,13H,5H2,1-4H3,(H,23,25)(H,26,27). The molecule has 0 saturated heterocycles. The monoisotopic (exact) mass is 366 g/mol. The smallest absolute Gasteiger partial charge is 0.335 e. The number of aryl methyl sites for hydroxylation is 2. The molecule has 0 fully saturated rings. The number of rotatable bonds is 5. The van der Waals surface area contributed by atoms with Crippen LogP contribution in [0.2, 0.25) is 0 Å². The van der Waals surface area contributed by atoms with Gasteiger partial charge in [0.15, 0.2) is 5.65 Å². The van der Waals surface area contributed by atoms with E-state index >= 15 is 0 Å². The minimum absolute atomic E-state index is 0.122. The zero-order valence-electron chi connectivity index (χ0n) is 15.8. The van der Waals surface area contributed by atoms with Gasteiger partial charge >= 0.3 is 5.97 Å². The maximum atomic E-state index is 12.9. The Morgan fingerprint density at radius 1 is 1.26 bits per heavy atom. The Balaban J connectivity index is 2.03. The SMILES string of the molecule is CCC(C)n1ncc2c(C(=O)Nc3cc(C(=O)O)ccc3C)cc(C)nc21. The molecule has 1 aromatic carbocycles. The summed E-state index contributed by atoms with van der Waals surface area (Å²) in [5, 5.41) is 17.1. The molecular weight excluding hydrogens is 344 g/mol. The van der Waals surface area contributed by atoms with Crippen molar-refractivity contribution < 1.29 is 14.7 Å². The zero-order chi connectivity index (χ0) is 19.7. The molecule has 7 nitrogen and oxygen atoms in total. The number of hydrogen-bond donors (Lipinski definition) is 2. The predicted molar refractivity (Wildman–Crippen MR) is 103 cm³/mol. The van der Waals surface area contributed by atoms with Gasteiger partial charge in [0, 0.05) is 11.4 Å². The van der Waals surface area contributed by atoms with Crippen molar-refractivity contribution in [2.75, 3.05) is 5.32 Å². The highest BCUT2D eigenvalue weighted by molar-refractivity contribution is 6.12. The normalized spacial score (nSPS) is 12.1. The van der Waals surface area contributed by atoms with E-state index in [1.807, 2.05) is 18.5 Å². The van der Waals surface area contributed by atoms with E-state index in [4.69, 9.17) is 0 Å². The van der Waals surface area contributed by atoms with E-state index in [0.717, 1.165) is 12.0 Å². The second kappa shape index (κ2) is 7.19. The molecule has 1 unspecified atom stereocenters. The van der Waals surface area contributed by atoms with Gasteiger partial charge in [-0.25, -0.2) is 14.5 Å². The van der Waals surface area contributed by atoms with Gasteiger partial charge < -0.3 is 10.4 Å². The number of carbonyl (C=O) groups excluding carboxylic acids is 1. The van der Waals surface area contributed by atoms with Gasteiger partial charge in [-0.3, -0.25) is 4.79 Å². The summed E-state index contributed by atoms with van der Waals surface area (Å²) in [5.74, 6) is -1.36. The quantitative estimate of drug-likeness (QED) is 0.712. The molecule has 1 atom stereocenters. The second-order valence-corrected chi connectivity index (χ2v) is 6.68. The maximum absolute atomic E-state index is 12.9.